The molecule has 4 atom stereocenters. The average molecular weight is 474 g/mol. The molecule has 1 saturated heterocycles. The summed E-state index contributed by atoms with van der Waals surface area (Å²) >= 11 is 1.83. The van der Waals surface area contributed by atoms with E-state index in [-0.39, 0.29) is 21.6 Å². The van der Waals surface area contributed by atoms with Crippen LogP contribution in [0.1, 0.15) is 48.0 Å². The van der Waals surface area contributed by atoms with Crippen molar-refractivity contribution in [2.24, 2.45) is 10.7 Å². The van der Waals surface area contributed by atoms with Crippen LogP contribution in [-0.2, 0) is 8.85 Å². The van der Waals surface area contributed by atoms with E-state index in [1.54, 1.807) is 6.08 Å². The van der Waals surface area contributed by atoms with E-state index in [0.29, 0.717) is 17.7 Å². The van der Waals surface area contributed by atoms with Gasteiger partial charge in [0, 0.05) is 18.1 Å². The third kappa shape index (κ3) is 5.92. The van der Waals surface area contributed by atoms with Crippen LogP contribution in [0.3, 0.4) is 0 Å². The number of thioether (sulfide) groups is 1. The molecule has 6 nitrogen and oxygen atoms in total. The molecule has 0 amide bonds. The van der Waals surface area contributed by atoms with Gasteiger partial charge in [-0.3, -0.25) is 0 Å². The Morgan fingerprint density at radius 3 is 2.20 bits per heavy atom. The molecule has 1 fully saturated rings. The first-order valence-corrected chi connectivity index (χ1v) is 17.6. The molecule has 2 aliphatic heterocycles. The number of hydrogen-bond donors (Lipinski definition) is 2. The molecule has 2 aliphatic rings. The molecule has 0 aliphatic carbocycles. The Kier molecular flexibility index (Phi) is 7.69. The van der Waals surface area contributed by atoms with Crippen molar-refractivity contribution < 1.29 is 14.0 Å². The second-order valence-electron chi connectivity index (χ2n) is 11.5. The quantitative estimate of drug-likeness (QED) is 0.545. The molecule has 0 aromatic rings. The van der Waals surface area contributed by atoms with Crippen molar-refractivity contribution in [1.29, 1.82) is 0 Å². The van der Waals surface area contributed by atoms with Crippen molar-refractivity contribution in [2.75, 3.05) is 6.61 Å². The summed E-state index contributed by atoms with van der Waals surface area (Å²) in [4.78, 5) is 6.02. The van der Waals surface area contributed by atoms with Gasteiger partial charge in [-0.05, 0) is 48.8 Å². The lowest BCUT2D eigenvalue weighted by molar-refractivity contribution is 0.00649. The van der Waals surface area contributed by atoms with Crippen LogP contribution in [0.4, 0.5) is 0 Å². The molecule has 3 N–H and O–H groups in total. The van der Waals surface area contributed by atoms with E-state index in [0.717, 1.165) is 6.42 Å². The van der Waals surface area contributed by atoms with Gasteiger partial charge in [-0.25, -0.2) is 4.99 Å². The standard InChI is InChI=1S/C21H43N3O3SSi2/c1-20(2,3)29(7,8)26-14-15-13-16(27-30(9,10)21(4,5)6)18(28-15)24-12-11-17(22)23-19(24)25/h11-12,15-16,18-19,25H,13-14H2,1-10H3,(H2,22,23)/t15-,16?,18+,19?/m0/s1. The summed E-state index contributed by atoms with van der Waals surface area (Å²) in [5.41, 5.74) is 5.77. The van der Waals surface area contributed by atoms with Gasteiger partial charge in [0.25, 0.3) is 0 Å². The number of nitrogens with zero attached hydrogens (tertiary/aromatic N) is 2. The Morgan fingerprint density at radius 1 is 1.13 bits per heavy atom. The summed E-state index contributed by atoms with van der Waals surface area (Å²) in [5, 5.41) is 11.2. The topological polar surface area (TPSA) is 80.3 Å². The highest BCUT2D eigenvalue weighted by Crippen LogP contribution is 2.45. The monoisotopic (exact) mass is 473 g/mol. The molecule has 0 radical (unpaired) electrons. The normalized spacial score (nSPS) is 28.8. The number of nitrogens with two attached hydrogens (primary N) is 1. The maximum absolute atomic E-state index is 10.6. The Hall–Kier alpha value is -0.326. The minimum atomic E-state index is -1.97. The lowest BCUT2D eigenvalue weighted by Crippen LogP contribution is -2.50. The van der Waals surface area contributed by atoms with Crippen molar-refractivity contribution in [3.8, 4) is 0 Å². The molecule has 0 saturated carbocycles. The number of rotatable bonds is 6. The molecule has 2 unspecified atom stereocenters. The lowest BCUT2D eigenvalue weighted by Gasteiger charge is -2.42. The molecule has 174 valence electrons. The molecular weight excluding hydrogens is 430 g/mol. The predicted octanol–water partition coefficient (Wildman–Crippen LogP) is 4.69. The third-order valence-electron chi connectivity index (χ3n) is 7.08. The predicted molar refractivity (Wildman–Crippen MR) is 134 cm³/mol. The first-order chi connectivity index (χ1) is 13.4. The van der Waals surface area contributed by atoms with Crippen LogP contribution in [0.5, 0.6) is 0 Å². The number of amidine groups is 1. The highest BCUT2D eigenvalue weighted by Gasteiger charge is 2.47. The second kappa shape index (κ2) is 8.90. The number of aliphatic hydroxyl groups is 1. The van der Waals surface area contributed by atoms with Crippen molar-refractivity contribution >= 4 is 34.2 Å². The van der Waals surface area contributed by atoms with Crippen molar-refractivity contribution in [3.63, 3.8) is 0 Å². The van der Waals surface area contributed by atoms with Crippen LogP contribution in [0.15, 0.2) is 17.3 Å². The molecule has 2 rings (SSSR count). The molecule has 0 aromatic heterocycles. The molecular formula is C21H43N3O3SSi2. The molecule has 0 bridgehead atoms. The summed E-state index contributed by atoms with van der Waals surface area (Å²) in [6.07, 6.45) is 3.54. The fourth-order valence-corrected chi connectivity index (χ4v) is 7.07. The third-order valence-corrected chi connectivity index (χ3v) is 17.6. The average Bonchev–Trinajstić information content (AvgIpc) is 2.93. The molecule has 0 aromatic carbocycles. The number of aliphatic imine (C=N–C) groups is 1. The zero-order valence-corrected chi connectivity index (χ0v) is 23.3. The number of aliphatic hydroxyl groups excluding tert-OH is 1. The van der Waals surface area contributed by atoms with E-state index < -0.39 is 23.0 Å². The SMILES string of the molecule is CC(C)(C)[Si](C)(C)OC[C@@H]1CC(O[Si](C)(C)C(C)(C)C)[C@H](N2C=CC(N)=NC2O)S1. The van der Waals surface area contributed by atoms with Crippen molar-refractivity contribution in [1.82, 2.24) is 4.90 Å². The Bertz CT molecular complexity index is 671. The maximum atomic E-state index is 10.6. The van der Waals surface area contributed by atoms with Gasteiger partial charge in [-0.1, -0.05) is 41.5 Å². The van der Waals surface area contributed by atoms with E-state index in [2.05, 4.69) is 72.7 Å². The van der Waals surface area contributed by atoms with E-state index in [4.69, 9.17) is 14.6 Å². The zero-order chi connectivity index (χ0) is 23.1. The summed E-state index contributed by atoms with van der Waals surface area (Å²) in [5.74, 6) is 0.349. The van der Waals surface area contributed by atoms with Gasteiger partial charge in [0.2, 0.25) is 6.35 Å². The minimum absolute atomic E-state index is 0.0118. The fourth-order valence-electron chi connectivity index (χ4n) is 2.96. The molecule has 0 spiro atoms. The summed E-state index contributed by atoms with van der Waals surface area (Å²) in [7, 11) is -3.78. The van der Waals surface area contributed by atoms with Gasteiger partial charge in [0.05, 0.1) is 6.10 Å². The first-order valence-electron chi connectivity index (χ1n) is 10.9. The van der Waals surface area contributed by atoms with Gasteiger partial charge >= 0.3 is 0 Å². The van der Waals surface area contributed by atoms with Crippen LogP contribution in [0, 0.1) is 0 Å². The Balaban J connectivity index is 2.19. The summed E-state index contributed by atoms with van der Waals surface area (Å²) in [6, 6.07) is 0. The smallest absolute Gasteiger partial charge is 0.228 e. The fraction of sp³-hybridized carbons (Fsp3) is 0.857. The van der Waals surface area contributed by atoms with E-state index in [1.807, 2.05) is 22.9 Å². The summed E-state index contributed by atoms with van der Waals surface area (Å²) in [6.45, 7) is 23.5. The first kappa shape index (κ1) is 25.9. The van der Waals surface area contributed by atoms with Gasteiger partial charge in [-0.2, -0.15) is 0 Å². The lowest BCUT2D eigenvalue weighted by atomic mass is 10.2. The number of hydrogen-bond acceptors (Lipinski definition) is 7. The highest BCUT2D eigenvalue weighted by molar-refractivity contribution is 8.00. The molecule has 30 heavy (non-hydrogen) atoms. The summed E-state index contributed by atoms with van der Waals surface area (Å²) < 4.78 is 13.4. The van der Waals surface area contributed by atoms with Crippen LogP contribution in [0.25, 0.3) is 0 Å². The van der Waals surface area contributed by atoms with Crippen LogP contribution < -0.4 is 5.73 Å². The largest absolute Gasteiger partial charge is 0.416 e. The van der Waals surface area contributed by atoms with Gasteiger partial charge in [0.15, 0.2) is 16.6 Å². The van der Waals surface area contributed by atoms with Crippen LogP contribution in [0.2, 0.25) is 36.3 Å². The maximum Gasteiger partial charge on any atom is 0.228 e. The second-order valence-corrected chi connectivity index (χ2v) is 22.5. The molecule has 2 heterocycles. The van der Waals surface area contributed by atoms with E-state index in [9.17, 15) is 5.11 Å². The highest BCUT2D eigenvalue weighted by atomic mass is 32.2. The van der Waals surface area contributed by atoms with Crippen molar-refractivity contribution in [3.05, 3.63) is 12.3 Å². The van der Waals surface area contributed by atoms with Gasteiger partial charge < -0.3 is 24.6 Å². The van der Waals surface area contributed by atoms with Crippen molar-refractivity contribution in [2.45, 2.75) is 107 Å². The molecule has 9 heteroatoms. The van der Waals surface area contributed by atoms with Gasteiger partial charge in [-0.15, -0.1) is 11.8 Å². The van der Waals surface area contributed by atoms with Crippen LogP contribution in [-0.4, -0.2) is 62.2 Å². The Labute approximate surface area is 189 Å². The zero-order valence-electron chi connectivity index (χ0n) is 20.5. The Morgan fingerprint density at radius 2 is 1.70 bits per heavy atom. The van der Waals surface area contributed by atoms with E-state index in [1.165, 1.54) is 0 Å². The van der Waals surface area contributed by atoms with Crippen LogP contribution >= 0.6 is 11.8 Å². The minimum Gasteiger partial charge on any atom is -0.416 e. The van der Waals surface area contributed by atoms with Gasteiger partial charge in [0.1, 0.15) is 11.2 Å². The van der Waals surface area contributed by atoms with E-state index >= 15 is 0 Å².